The van der Waals surface area contributed by atoms with Crippen molar-refractivity contribution < 1.29 is 4.79 Å². The summed E-state index contributed by atoms with van der Waals surface area (Å²) in [6, 6.07) is 7.93. The Kier molecular flexibility index (Phi) is 3.28. The van der Waals surface area contributed by atoms with Crippen LogP contribution in [0.25, 0.3) is 5.57 Å². The van der Waals surface area contributed by atoms with Gasteiger partial charge < -0.3 is 0 Å². The molecule has 3 rings (SSSR count). The van der Waals surface area contributed by atoms with Crippen LogP contribution in [0, 0.1) is 0 Å². The molecule has 2 nitrogen and oxygen atoms in total. The van der Waals surface area contributed by atoms with Gasteiger partial charge >= 0.3 is 0 Å². The molecule has 1 heterocycles. The summed E-state index contributed by atoms with van der Waals surface area (Å²) in [5, 5.41) is 0. The molecule has 2 heteroatoms. The van der Waals surface area contributed by atoms with Crippen LogP contribution in [-0.2, 0) is 0 Å². The maximum Gasteiger partial charge on any atom is 0.150 e. The summed E-state index contributed by atoms with van der Waals surface area (Å²) in [6.45, 7) is 4.89. The molecule has 0 bridgehead atoms. The van der Waals surface area contributed by atoms with Gasteiger partial charge in [0.25, 0.3) is 0 Å². The lowest BCUT2D eigenvalue weighted by molar-refractivity contribution is 0.0361. The third-order valence-electron chi connectivity index (χ3n) is 4.77. The lowest BCUT2D eigenvalue weighted by Crippen LogP contribution is -2.53. The van der Waals surface area contributed by atoms with E-state index in [2.05, 4.69) is 24.0 Å². The van der Waals surface area contributed by atoms with E-state index in [-0.39, 0.29) is 0 Å². The minimum Gasteiger partial charge on any atom is -0.298 e. The van der Waals surface area contributed by atoms with Gasteiger partial charge in [-0.2, -0.15) is 0 Å². The molecule has 1 saturated heterocycles. The molecule has 0 N–H and O–H groups in total. The van der Waals surface area contributed by atoms with Gasteiger partial charge in [0.2, 0.25) is 0 Å². The molecule has 1 aromatic rings. The van der Waals surface area contributed by atoms with Crippen LogP contribution in [0.3, 0.4) is 0 Å². The third kappa shape index (κ3) is 2.25. The monoisotopic (exact) mass is 255 g/mol. The molecule has 0 radical (unpaired) electrons. The summed E-state index contributed by atoms with van der Waals surface area (Å²) in [7, 11) is 0. The van der Waals surface area contributed by atoms with E-state index in [1.54, 1.807) is 0 Å². The Bertz CT molecular complexity index is 516. The molecule has 0 aromatic heterocycles. The summed E-state index contributed by atoms with van der Waals surface area (Å²) in [6.07, 6.45) is 8.06. The minimum atomic E-state index is 0.345. The lowest BCUT2D eigenvalue weighted by atomic mass is 9.79. The number of nitrogens with zero attached hydrogens (tertiary/aromatic N) is 1. The highest BCUT2D eigenvalue weighted by Crippen LogP contribution is 2.38. The Balaban J connectivity index is 1.82. The number of carbonyl (C=O) groups is 1. The van der Waals surface area contributed by atoms with Crippen molar-refractivity contribution >= 4 is 11.9 Å². The van der Waals surface area contributed by atoms with Crippen molar-refractivity contribution in [1.29, 1.82) is 0 Å². The molecule has 2 aliphatic rings. The zero-order valence-electron chi connectivity index (χ0n) is 11.6. The zero-order chi connectivity index (χ0) is 13.3. The van der Waals surface area contributed by atoms with Gasteiger partial charge in [-0.25, -0.2) is 0 Å². The first-order valence-electron chi connectivity index (χ1n) is 7.22. The van der Waals surface area contributed by atoms with Gasteiger partial charge in [0.15, 0.2) is 6.29 Å². The number of likely N-dealkylation sites (tertiary alicyclic amines) is 1. The van der Waals surface area contributed by atoms with E-state index in [4.69, 9.17) is 0 Å². The third-order valence-corrected chi connectivity index (χ3v) is 4.77. The van der Waals surface area contributed by atoms with Crippen LogP contribution < -0.4 is 0 Å². The van der Waals surface area contributed by atoms with E-state index in [1.807, 2.05) is 18.2 Å². The predicted molar refractivity (Wildman–Crippen MR) is 78.3 cm³/mol. The Hall–Kier alpha value is -1.41. The molecule has 19 heavy (non-hydrogen) atoms. The number of hydrogen-bond acceptors (Lipinski definition) is 2. The van der Waals surface area contributed by atoms with Crippen molar-refractivity contribution in [1.82, 2.24) is 4.90 Å². The number of rotatable bonds is 3. The van der Waals surface area contributed by atoms with E-state index in [0.717, 1.165) is 30.3 Å². The SMILES string of the molecule is CC1(N2CCC2)CC=C(c2ccccc2C=O)CC1. The second-order valence-corrected chi connectivity index (χ2v) is 5.98. The molecule has 1 aromatic carbocycles. The van der Waals surface area contributed by atoms with Gasteiger partial charge in [-0.3, -0.25) is 9.69 Å². The molecule has 1 fully saturated rings. The standard InChI is InChI=1S/C17H21NO/c1-17(18-11-4-12-18)9-7-14(8-10-17)16-6-3-2-5-15(16)13-19/h2-3,5-7,13H,4,8-12H2,1H3. The number of allylic oxidation sites excluding steroid dienone is 1. The van der Waals surface area contributed by atoms with E-state index in [9.17, 15) is 4.79 Å². The van der Waals surface area contributed by atoms with E-state index < -0.39 is 0 Å². The first kappa shape index (κ1) is 12.6. The number of aldehydes is 1. The van der Waals surface area contributed by atoms with Crippen molar-refractivity contribution in [3.63, 3.8) is 0 Å². The summed E-state index contributed by atoms with van der Waals surface area (Å²) in [5.41, 5.74) is 3.64. The fourth-order valence-electron chi connectivity index (χ4n) is 3.23. The first-order valence-corrected chi connectivity index (χ1v) is 7.22. The molecule has 1 aliphatic heterocycles. The van der Waals surface area contributed by atoms with Crippen LogP contribution >= 0.6 is 0 Å². The van der Waals surface area contributed by atoms with E-state index in [0.29, 0.717) is 5.54 Å². The van der Waals surface area contributed by atoms with Crippen LogP contribution in [0.4, 0.5) is 0 Å². The van der Waals surface area contributed by atoms with Gasteiger partial charge in [0.05, 0.1) is 0 Å². The molecule has 1 aliphatic carbocycles. The summed E-state index contributed by atoms with van der Waals surface area (Å²) in [4.78, 5) is 13.7. The van der Waals surface area contributed by atoms with Crippen LogP contribution in [0.15, 0.2) is 30.3 Å². The van der Waals surface area contributed by atoms with Gasteiger partial charge in [0, 0.05) is 11.1 Å². The molecule has 0 amide bonds. The molecule has 100 valence electrons. The molecular formula is C17H21NO. The molecule has 0 saturated carbocycles. The van der Waals surface area contributed by atoms with Gasteiger partial charge in [-0.15, -0.1) is 0 Å². The molecule has 1 unspecified atom stereocenters. The summed E-state index contributed by atoms with van der Waals surface area (Å²) < 4.78 is 0. The maximum absolute atomic E-state index is 11.1. The molecular weight excluding hydrogens is 234 g/mol. The Morgan fingerprint density at radius 1 is 1.26 bits per heavy atom. The fraction of sp³-hybridized carbons (Fsp3) is 0.471. The highest BCUT2D eigenvalue weighted by Gasteiger charge is 2.36. The van der Waals surface area contributed by atoms with E-state index >= 15 is 0 Å². The van der Waals surface area contributed by atoms with Crippen molar-refractivity contribution in [2.24, 2.45) is 0 Å². The quantitative estimate of drug-likeness (QED) is 0.770. The Morgan fingerprint density at radius 2 is 2.05 bits per heavy atom. The van der Waals surface area contributed by atoms with Crippen molar-refractivity contribution in [2.45, 2.75) is 38.1 Å². The number of carbonyl (C=O) groups excluding carboxylic acids is 1. The zero-order valence-corrected chi connectivity index (χ0v) is 11.6. The van der Waals surface area contributed by atoms with Crippen LogP contribution in [-0.4, -0.2) is 29.8 Å². The van der Waals surface area contributed by atoms with Gasteiger partial charge in [-0.05, 0) is 56.8 Å². The summed E-state index contributed by atoms with van der Waals surface area (Å²) in [5.74, 6) is 0. The summed E-state index contributed by atoms with van der Waals surface area (Å²) >= 11 is 0. The van der Waals surface area contributed by atoms with Crippen LogP contribution in [0.5, 0.6) is 0 Å². The Morgan fingerprint density at radius 3 is 2.63 bits per heavy atom. The van der Waals surface area contributed by atoms with Gasteiger partial charge in [-0.1, -0.05) is 30.3 Å². The normalized spacial score (nSPS) is 27.5. The maximum atomic E-state index is 11.1. The average Bonchev–Trinajstić information content (AvgIpc) is 2.37. The highest BCUT2D eigenvalue weighted by molar-refractivity contribution is 5.85. The van der Waals surface area contributed by atoms with Crippen LogP contribution in [0.1, 0.15) is 48.5 Å². The average molecular weight is 255 g/mol. The molecule has 1 atom stereocenters. The van der Waals surface area contributed by atoms with Crippen molar-refractivity contribution in [3.05, 3.63) is 41.5 Å². The van der Waals surface area contributed by atoms with Gasteiger partial charge in [0.1, 0.15) is 0 Å². The van der Waals surface area contributed by atoms with Crippen molar-refractivity contribution in [3.8, 4) is 0 Å². The second-order valence-electron chi connectivity index (χ2n) is 5.98. The predicted octanol–water partition coefficient (Wildman–Crippen LogP) is 3.53. The topological polar surface area (TPSA) is 20.3 Å². The Labute approximate surface area is 115 Å². The lowest BCUT2D eigenvalue weighted by Gasteiger charge is -2.48. The van der Waals surface area contributed by atoms with E-state index in [1.165, 1.54) is 31.5 Å². The second kappa shape index (κ2) is 4.93. The van der Waals surface area contributed by atoms with Crippen LogP contribution in [0.2, 0.25) is 0 Å². The van der Waals surface area contributed by atoms with Crippen molar-refractivity contribution in [2.75, 3.05) is 13.1 Å². The first-order chi connectivity index (χ1) is 9.23. The minimum absolute atomic E-state index is 0.345. The fourth-order valence-corrected chi connectivity index (χ4v) is 3.23. The molecule has 0 spiro atoms. The number of benzene rings is 1. The largest absolute Gasteiger partial charge is 0.298 e. The smallest absolute Gasteiger partial charge is 0.150 e. The number of hydrogen-bond donors (Lipinski definition) is 0. The highest BCUT2D eigenvalue weighted by atomic mass is 16.1.